The zero-order valence-corrected chi connectivity index (χ0v) is 16.4. The number of non-ortho nitro benzene ring substituents is 1. The van der Waals surface area contributed by atoms with Gasteiger partial charge in [0, 0.05) is 28.6 Å². The lowest BCUT2D eigenvalue weighted by atomic mass is 10.1. The van der Waals surface area contributed by atoms with Gasteiger partial charge in [-0.15, -0.1) is 0 Å². The van der Waals surface area contributed by atoms with Gasteiger partial charge in [-0.25, -0.2) is 12.7 Å². The van der Waals surface area contributed by atoms with Crippen LogP contribution in [0.2, 0.25) is 5.02 Å². The normalized spacial score (nSPS) is 13.8. The second kappa shape index (κ2) is 7.76. The number of carbonyl (C=O) groups excluding carboxylic acids is 1. The van der Waals surface area contributed by atoms with Crippen LogP contribution in [0.1, 0.15) is 18.4 Å². The molecule has 8 nitrogen and oxygen atoms in total. The van der Waals surface area contributed by atoms with Crippen LogP contribution in [0.3, 0.4) is 0 Å². The average molecular weight is 425 g/mol. The van der Waals surface area contributed by atoms with Crippen molar-refractivity contribution in [1.82, 2.24) is 4.31 Å². The molecular formula is C18H17ClN2O6S. The molecule has 1 aliphatic carbocycles. The Morgan fingerprint density at radius 3 is 2.43 bits per heavy atom. The van der Waals surface area contributed by atoms with E-state index in [1.54, 1.807) is 0 Å². The van der Waals surface area contributed by atoms with Crippen LogP contribution in [-0.2, 0) is 21.4 Å². The van der Waals surface area contributed by atoms with Crippen molar-refractivity contribution in [2.45, 2.75) is 24.3 Å². The predicted octanol–water partition coefficient (Wildman–Crippen LogP) is 3.38. The van der Waals surface area contributed by atoms with Gasteiger partial charge in [0.05, 0.1) is 23.5 Å². The molecule has 0 unspecified atom stereocenters. The monoisotopic (exact) mass is 424 g/mol. The molecule has 2 aromatic rings. The van der Waals surface area contributed by atoms with E-state index in [9.17, 15) is 23.3 Å². The highest BCUT2D eigenvalue weighted by molar-refractivity contribution is 7.89. The molecule has 1 fully saturated rings. The number of sulfonamides is 1. The number of nitro groups is 1. The Kier molecular flexibility index (Phi) is 5.57. The predicted molar refractivity (Wildman–Crippen MR) is 102 cm³/mol. The summed E-state index contributed by atoms with van der Waals surface area (Å²) in [5.74, 6) is -0.652. The molecule has 0 atom stereocenters. The highest BCUT2D eigenvalue weighted by Gasteiger charge is 2.39. The largest absolute Gasteiger partial charge is 0.496 e. The van der Waals surface area contributed by atoms with Gasteiger partial charge in [0.15, 0.2) is 0 Å². The smallest absolute Gasteiger partial charge is 0.270 e. The van der Waals surface area contributed by atoms with Crippen molar-refractivity contribution in [1.29, 1.82) is 0 Å². The highest BCUT2D eigenvalue weighted by atomic mass is 35.5. The molecule has 1 saturated carbocycles. The molecule has 0 radical (unpaired) electrons. The van der Waals surface area contributed by atoms with E-state index >= 15 is 0 Å². The number of hydrogen-bond acceptors (Lipinski definition) is 6. The van der Waals surface area contributed by atoms with Gasteiger partial charge in [-0.05, 0) is 43.2 Å². The standard InChI is InChI=1S/C18H17ClN2O6S/c1-27-17-9-6-15(21(23)24)10-13(17)11-20(18(22)12-2-3-12)28(25,26)16-7-4-14(19)5-8-16/h4-10,12H,2-3,11H2,1H3. The number of hydrogen-bond donors (Lipinski definition) is 0. The first kappa shape index (κ1) is 20.1. The van der Waals surface area contributed by atoms with Gasteiger partial charge in [-0.1, -0.05) is 11.6 Å². The first-order chi connectivity index (χ1) is 13.2. The van der Waals surface area contributed by atoms with Crippen LogP contribution in [0.4, 0.5) is 5.69 Å². The van der Waals surface area contributed by atoms with Crippen LogP contribution in [0.5, 0.6) is 5.75 Å². The summed E-state index contributed by atoms with van der Waals surface area (Å²) in [4.78, 5) is 23.2. The number of nitrogens with zero attached hydrogens (tertiary/aromatic N) is 2. The zero-order valence-electron chi connectivity index (χ0n) is 14.9. The minimum atomic E-state index is -4.18. The number of amides is 1. The third-order valence-corrected chi connectivity index (χ3v) is 6.37. The summed E-state index contributed by atoms with van der Waals surface area (Å²) < 4.78 is 32.2. The quantitative estimate of drug-likeness (QED) is 0.498. The van der Waals surface area contributed by atoms with Crippen LogP contribution in [0.15, 0.2) is 47.4 Å². The number of nitro benzene ring substituents is 1. The van der Waals surface area contributed by atoms with Crippen molar-refractivity contribution < 1.29 is 22.9 Å². The minimum absolute atomic E-state index is 0.0877. The van der Waals surface area contributed by atoms with Crippen molar-refractivity contribution in [2.24, 2.45) is 5.92 Å². The van der Waals surface area contributed by atoms with Gasteiger partial charge >= 0.3 is 0 Å². The van der Waals surface area contributed by atoms with Crippen molar-refractivity contribution in [3.8, 4) is 5.75 Å². The zero-order chi connectivity index (χ0) is 20.5. The maximum atomic E-state index is 13.1. The SMILES string of the molecule is COc1ccc([N+](=O)[O-])cc1CN(C(=O)C1CC1)S(=O)(=O)c1ccc(Cl)cc1. The molecule has 0 spiro atoms. The Labute approximate surface area is 166 Å². The van der Waals surface area contributed by atoms with Gasteiger partial charge in [-0.2, -0.15) is 0 Å². The molecule has 10 heteroatoms. The molecule has 0 saturated heterocycles. The Bertz CT molecular complexity index is 1020. The third kappa shape index (κ3) is 4.10. The van der Waals surface area contributed by atoms with Crippen molar-refractivity contribution in [3.05, 3.63) is 63.2 Å². The molecule has 0 heterocycles. The van der Waals surface area contributed by atoms with E-state index in [4.69, 9.17) is 16.3 Å². The van der Waals surface area contributed by atoms with Gasteiger partial charge in [-0.3, -0.25) is 14.9 Å². The second-order valence-electron chi connectivity index (χ2n) is 6.33. The van der Waals surface area contributed by atoms with E-state index in [1.807, 2.05) is 0 Å². The fourth-order valence-corrected chi connectivity index (χ4v) is 4.26. The maximum Gasteiger partial charge on any atom is 0.270 e. The number of rotatable bonds is 7. The molecule has 28 heavy (non-hydrogen) atoms. The van der Waals surface area contributed by atoms with Crippen molar-refractivity contribution in [2.75, 3.05) is 7.11 Å². The number of halogens is 1. The number of ether oxygens (including phenoxy) is 1. The molecular weight excluding hydrogens is 408 g/mol. The Hall–Kier alpha value is -2.65. The lowest BCUT2D eigenvalue weighted by molar-refractivity contribution is -0.384. The molecule has 3 rings (SSSR count). The topological polar surface area (TPSA) is 107 Å². The van der Waals surface area contributed by atoms with Crippen LogP contribution in [0.25, 0.3) is 0 Å². The molecule has 0 N–H and O–H groups in total. The van der Waals surface area contributed by atoms with Gasteiger partial charge in [0.2, 0.25) is 5.91 Å². The van der Waals surface area contributed by atoms with Gasteiger partial charge < -0.3 is 4.74 Å². The summed E-state index contributed by atoms with van der Waals surface area (Å²) in [7, 11) is -2.81. The van der Waals surface area contributed by atoms with E-state index in [-0.39, 0.29) is 34.4 Å². The maximum absolute atomic E-state index is 13.1. The van der Waals surface area contributed by atoms with Crippen LogP contribution >= 0.6 is 11.6 Å². The minimum Gasteiger partial charge on any atom is -0.496 e. The first-order valence-electron chi connectivity index (χ1n) is 8.37. The lowest BCUT2D eigenvalue weighted by Crippen LogP contribution is -2.37. The Balaban J connectivity index is 2.04. The summed E-state index contributed by atoms with van der Waals surface area (Å²) in [5.41, 5.74) is 0.00162. The molecule has 148 valence electrons. The number of carbonyl (C=O) groups is 1. The van der Waals surface area contributed by atoms with E-state index in [1.165, 1.54) is 49.6 Å². The van der Waals surface area contributed by atoms with Crippen molar-refractivity contribution >= 4 is 33.2 Å². The third-order valence-electron chi connectivity index (χ3n) is 4.36. The van der Waals surface area contributed by atoms with Crippen molar-refractivity contribution in [3.63, 3.8) is 0 Å². The summed E-state index contributed by atoms with van der Waals surface area (Å²) in [6.45, 7) is -0.370. The molecule has 0 aromatic heterocycles. The molecule has 0 bridgehead atoms. The van der Waals surface area contributed by atoms with Crippen LogP contribution in [0, 0.1) is 16.0 Å². The number of benzene rings is 2. The average Bonchev–Trinajstić information content (AvgIpc) is 3.50. The molecule has 0 aliphatic heterocycles. The molecule has 1 amide bonds. The van der Waals surface area contributed by atoms with E-state index in [0.717, 1.165) is 4.31 Å². The fourth-order valence-electron chi connectivity index (χ4n) is 2.71. The summed E-state index contributed by atoms with van der Waals surface area (Å²) in [5, 5.41) is 11.5. The van der Waals surface area contributed by atoms with Crippen LogP contribution in [-0.4, -0.2) is 30.7 Å². The summed E-state index contributed by atoms with van der Waals surface area (Å²) in [6, 6.07) is 9.31. The highest BCUT2D eigenvalue weighted by Crippen LogP contribution is 2.35. The fraction of sp³-hybridized carbons (Fsp3) is 0.278. The Morgan fingerprint density at radius 2 is 1.89 bits per heavy atom. The van der Waals surface area contributed by atoms with Gasteiger partial charge in [0.1, 0.15) is 5.75 Å². The summed E-state index contributed by atoms with van der Waals surface area (Å²) in [6.07, 6.45) is 1.22. The van der Waals surface area contributed by atoms with E-state index < -0.39 is 20.9 Å². The van der Waals surface area contributed by atoms with Crippen LogP contribution < -0.4 is 4.74 Å². The first-order valence-corrected chi connectivity index (χ1v) is 10.2. The lowest BCUT2D eigenvalue weighted by Gasteiger charge is -2.23. The Morgan fingerprint density at radius 1 is 1.25 bits per heavy atom. The van der Waals surface area contributed by atoms with Gasteiger partial charge in [0.25, 0.3) is 15.7 Å². The second-order valence-corrected chi connectivity index (χ2v) is 8.63. The molecule has 2 aromatic carbocycles. The van der Waals surface area contributed by atoms with E-state index in [0.29, 0.717) is 17.9 Å². The summed E-state index contributed by atoms with van der Waals surface area (Å²) >= 11 is 5.82. The van der Waals surface area contributed by atoms with E-state index in [2.05, 4.69) is 0 Å². The molecule has 1 aliphatic rings. The number of methoxy groups -OCH3 is 1.